The Kier molecular flexibility index (Phi) is 4.64. The molecule has 0 unspecified atom stereocenters. The summed E-state index contributed by atoms with van der Waals surface area (Å²) in [5, 5.41) is 0.256. The molecule has 0 amide bonds. The van der Waals surface area contributed by atoms with Gasteiger partial charge in [0.1, 0.15) is 5.82 Å². The molecule has 0 spiro atoms. The van der Waals surface area contributed by atoms with Gasteiger partial charge >= 0.3 is 0 Å². The van der Waals surface area contributed by atoms with Crippen molar-refractivity contribution in [2.75, 3.05) is 10.5 Å². The van der Waals surface area contributed by atoms with Crippen molar-refractivity contribution in [3.05, 3.63) is 50.3 Å². The molecular weight excluding hydrogens is 430 g/mol. The van der Waals surface area contributed by atoms with E-state index in [1.54, 1.807) is 12.1 Å². The average Bonchev–Trinajstić information content (AvgIpc) is 2.38. The van der Waals surface area contributed by atoms with Gasteiger partial charge in [-0.1, -0.05) is 11.6 Å². The Morgan fingerprint density at radius 1 is 1.29 bits per heavy atom. The summed E-state index contributed by atoms with van der Waals surface area (Å²) in [6, 6.07) is 6.99. The Morgan fingerprint density at radius 3 is 2.52 bits per heavy atom. The number of nitrogens with two attached hydrogens (primary N) is 1. The number of hydrogen-bond donors (Lipinski definition) is 2. The second-order valence-electron chi connectivity index (χ2n) is 4.35. The highest BCUT2D eigenvalue weighted by atomic mass is 127. The Labute approximate surface area is 140 Å². The van der Waals surface area contributed by atoms with Gasteiger partial charge < -0.3 is 5.73 Å². The first-order valence-corrected chi connectivity index (χ1v) is 8.68. The van der Waals surface area contributed by atoms with Crippen LogP contribution in [-0.4, -0.2) is 8.42 Å². The normalized spacial score (nSPS) is 11.4. The predicted molar refractivity (Wildman–Crippen MR) is 90.5 cm³/mol. The Hall–Kier alpha value is -1.06. The fourth-order valence-electron chi connectivity index (χ4n) is 1.61. The second kappa shape index (κ2) is 5.98. The average molecular weight is 441 g/mol. The third-order valence-corrected chi connectivity index (χ3v) is 5.17. The van der Waals surface area contributed by atoms with Gasteiger partial charge in [-0.2, -0.15) is 0 Å². The minimum Gasteiger partial charge on any atom is -0.398 e. The molecule has 0 aliphatic carbocycles. The highest BCUT2D eigenvalue weighted by Crippen LogP contribution is 2.28. The molecule has 0 heterocycles. The fourth-order valence-corrected chi connectivity index (χ4v) is 3.69. The highest BCUT2D eigenvalue weighted by molar-refractivity contribution is 14.1. The topological polar surface area (TPSA) is 72.2 Å². The molecule has 0 aromatic heterocycles. The predicted octanol–water partition coefficient (Wildman–Crippen LogP) is 3.78. The lowest BCUT2D eigenvalue weighted by Crippen LogP contribution is -2.14. The fraction of sp³-hybridized carbons (Fsp3) is 0.0769. The molecule has 0 aliphatic heterocycles. The van der Waals surface area contributed by atoms with E-state index in [0.29, 0.717) is 0 Å². The van der Waals surface area contributed by atoms with E-state index in [1.165, 1.54) is 19.1 Å². The number of nitrogens with one attached hydrogen (secondary N) is 1. The van der Waals surface area contributed by atoms with Crippen LogP contribution in [0.1, 0.15) is 5.56 Å². The molecule has 0 radical (unpaired) electrons. The van der Waals surface area contributed by atoms with Gasteiger partial charge in [0.05, 0.1) is 15.6 Å². The van der Waals surface area contributed by atoms with Crippen LogP contribution in [0.5, 0.6) is 0 Å². The summed E-state index contributed by atoms with van der Waals surface area (Å²) < 4.78 is 41.3. The first-order valence-electron chi connectivity index (χ1n) is 5.74. The molecule has 2 rings (SSSR count). The maximum atomic E-state index is 13.6. The Morgan fingerprint density at radius 2 is 1.95 bits per heavy atom. The SMILES string of the molecule is Cc1c(N)cc(S(=O)(=O)Nc2ccc(I)cc2Cl)cc1F. The summed E-state index contributed by atoms with van der Waals surface area (Å²) in [6.45, 7) is 1.48. The van der Waals surface area contributed by atoms with E-state index >= 15 is 0 Å². The van der Waals surface area contributed by atoms with Crippen LogP contribution < -0.4 is 10.5 Å². The Bertz CT molecular complexity index is 789. The van der Waals surface area contributed by atoms with Gasteiger partial charge in [0.25, 0.3) is 10.0 Å². The molecule has 112 valence electrons. The zero-order chi connectivity index (χ0) is 15.8. The quantitative estimate of drug-likeness (QED) is 0.564. The summed E-state index contributed by atoms with van der Waals surface area (Å²) in [4.78, 5) is -0.252. The zero-order valence-corrected chi connectivity index (χ0v) is 14.6. The van der Waals surface area contributed by atoms with Gasteiger partial charge in [0.2, 0.25) is 0 Å². The van der Waals surface area contributed by atoms with Crippen molar-refractivity contribution >= 4 is 55.6 Å². The third kappa shape index (κ3) is 3.58. The van der Waals surface area contributed by atoms with E-state index < -0.39 is 15.8 Å². The van der Waals surface area contributed by atoms with Crippen molar-refractivity contribution in [1.82, 2.24) is 0 Å². The lowest BCUT2D eigenvalue weighted by atomic mass is 10.2. The molecule has 0 saturated heterocycles. The van der Waals surface area contributed by atoms with E-state index in [9.17, 15) is 12.8 Å². The number of hydrogen-bond acceptors (Lipinski definition) is 3. The third-order valence-electron chi connectivity index (χ3n) is 2.84. The molecule has 0 saturated carbocycles. The summed E-state index contributed by atoms with van der Waals surface area (Å²) in [5.41, 5.74) is 6.10. The summed E-state index contributed by atoms with van der Waals surface area (Å²) in [7, 11) is -3.97. The van der Waals surface area contributed by atoms with Crippen LogP contribution >= 0.6 is 34.2 Å². The number of sulfonamides is 1. The number of rotatable bonds is 3. The smallest absolute Gasteiger partial charge is 0.262 e. The number of halogens is 3. The molecule has 2 aromatic rings. The van der Waals surface area contributed by atoms with Crippen LogP contribution in [0.2, 0.25) is 5.02 Å². The number of benzene rings is 2. The summed E-state index contributed by atoms with van der Waals surface area (Å²) in [6.07, 6.45) is 0. The van der Waals surface area contributed by atoms with Crippen LogP contribution in [-0.2, 0) is 10.0 Å². The molecule has 2 aromatic carbocycles. The van der Waals surface area contributed by atoms with Crippen molar-refractivity contribution in [3.8, 4) is 0 Å². The first-order chi connectivity index (χ1) is 9.70. The minimum atomic E-state index is -3.97. The van der Waals surface area contributed by atoms with Gasteiger partial charge in [-0.15, -0.1) is 0 Å². The van der Waals surface area contributed by atoms with Crippen LogP contribution in [0.15, 0.2) is 35.2 Å². The Balaban J connectivity index is 2.43. The summed E-state index contributed by atoms with van der Waals surface area (Å²) >= 11 is 8.04. The molecule has 21 heavy (non-hydrogen) atoms. The van der Waals surface area contributed by atoms with Gasteiger partial charge in [-0.25, -0.2) is 12.8 Å². The molecule has 3 N–H and O–H groups in total. The van der Waals surface area contributed by atoms with Crippen molar-refractivity contribution in [2.45, 2.75) is 11.8 Å². The van der Waals surface area contributed by atoms with E-state index in [4.69, 9.17) is 17.3 Å². The second-order valence-corrected chi connectivity index (χ2v) is 7.68. The minimum absolute atomic E-state index is 0.0732. The maximum absolute atomic E-state index is 13.6. The molecular formula is C13H11ClFIN2O2S. The summed E-state index contributed by atoms with van der Waals surface area (Å²) in [5.74, 6) is -0.677. The van der Waals surface area contributed by atoms with Crippen molar-refractivity contribution in [1.29, 1.82) is 0 Å². The molecule has 0 fully saturated rings. The van der Waals surface area contributed by atoms with Crippen molar-refractivity contribution in [3.63, 3.8) is 0 Å². The van der Waals surface area contributed by atoms with E-state index in [-0.39, 0.29) is 26.9 Å². The van der Waals surface area contributed by atoms with Crippen molar-refractivity contribution < 1.29 is 12.8 Å². The van der Waals surface area contributed by atoms with E-state index in [1.807, 2.05) is 0 Å². The largest absolute Gasteiger partial charge is 0.398 e. The van der Waals surface area contributed by atoms with Crippen LogP contribution in [0.3, 0.4) is 0 Å². The monoisotopic (exact) mass is 440 g/mol. The standard InChI is InChI=1S/C13H11ClFIN2O2S/c1-7-11(15)5-9(6-12(7)17)21(19,20)18-13-3-2-8(16)4-10(13)14/h2-6,18H,17H2,1H3. The van der Waals surface area contributed by atoms with Gasteiger partial charge in [0, 0.05) is 14.8 Å². The zero-order valence-electron chi connectivity index (χ0n) is 10.8. The van der Waals surface area contributed by atoms with Gasteiger partial charge in [0.15, 0.2) is 0 Å². The van der Waals surface area contributed by atoms with E-state index in [2.05, 4.69) is 27.3 Å². The molecule has 0 aliphatic rings. The van der Waals surface area contributed by atoms with Crippen molar-refractivity contribution in [2.24, 2.45) is 0 Å². The first kappa shape index (κ1) is 16.3. The highest BCUT2D eigenvalue weighted by Gasteiger charge is 2.18. The van der Waals surface area contributed by atoms with Crippen LogP contribution in [0, 0.1) is 16.3 Å². The molecule has 0 bridgehead atoms. The molecule has 8 heteroatoms. The number of nitrogen functional groups attached to an aromatic ring is 1. The lowest BCUT2D eigenvalue weighted by Gasteiger charge is -2.11. The molecule has 0 atom stereocenters. The van der Waals surface area contributed by atoms with Crippen LogP contribution in [0.25, 0.3) is 0 Å². The van der Waals surface area contributed by atoms with E-state index in [0.717, 1.165) is 9.64 Å². The van der Waals surface area contributed by atoms with Gasteiger partial charge in [-0.05, 0) is 59.8 Å². The maximum Gasteiger partial charge on any atom is 0.262 e. The van der Waals surface area contributed by atoms with Crippen LogP contribution in [0.4, 0.5) is 15.8 Å². The lowest BCUT2D eigenvalue weighted by molar-refractivity contribution is 0.593. The number of anilines is 2. The molecule has 4 nitrogen and oxygen atoms in total. The van der Waals surface area contributed by atoms with Gasteiger partial charge in [-0.3, -0.25) is 4.72 Å².